The summed E-state index contributed by atoms with van der Waals surface area (Å²) in [4.78, 5) is 13.5. The minimum Gasteiger partial charge on any atom is -0.518 e. The van der Waals surface area contributed by atoms with Gasteiger partial charge in [-0.25, -0.2) is 0 Å². The second-order valence-electron chi connectivity index (χ2n) is 9.31. The van der Waals surface area contributed by atoms with Crippen LogP contribution in [0.25, 0.3) is 0 Å². The van der Waals surface area contributed by atoms with Gasteiger partial charge in [-0.05, 0) is 43.3 Å². The van der Waals surface area contributed by atoms with Crippen molar-refractivity contribution in [3.63, 3.8) is 0 Å². The summed E-state index contributed by atoms with van der Waals surface area (Å²) in [5, 5.41) is -0.801. The first-order valence-electron chi connectivity index (χ1n) is 10.1. The van der Waals surface area contributed by atoms with Gasteiger partial charge in [-0.1, -0.05) is 61.8 Å². The first kappa shape index (κ1) is 25.8. The predicted octanol–water partition coefficient (Wildman–Crippen LogP) is 6.22. The van der Waals surface area contributed by atoms with Crippen LogP contribution >= 0.6 is 0 Å². The monoisotopic (exact) mass is 403 g/mol. The van der Waals surface area contributed by atoms with E-state index in [0.29, 0.717) is 19.6 Å². The highest BCUT2D eigenvalue weighted by Crippen LogP contribution is 2.55. The Balaban J connectivity index is 6.05. The van der Waals surface area contributed by atoms with Crippen LogP contribution in [0.3, 0.4) is 0 Å². The van der Waals surface area contributed by atoms with Gasteiger partial charge in [-0.3, -0.25) is 4.79 Å². The van der Waals surface area contributed by atoms with Gasteiger partial charge in [0.05, 0.1) is 0 Å². The molecule has 0 aliphatic carbocycles. The van der Waals surface area contributed by atoms with Gasteiger partial charge in [-0.2, -0.15) is 0 Å². The van der Waals surface area contributed by atoms with Crippen LogP contribution in [-0.4, -0.2) is 36.8 Å². The van der Waals surface area contributed by atoms with Gasteiger partial charge in [0.1, 0.15) is 5.04 Å². The van der Waals surface area contributed by atoms with Crippen LogP contribution in [0.15, 0.2) is 0 Å². The van der Waals surface area contributed by atoms with Crippen molar-refractivity contribution >= 4 is 23.6 Å². The molecule has 155 valence electrons. The highest BCUT2D eigenvalue weighted by Gasteiger charge is 2.59. The van der Waals surface area contributed by atoms with Crippen LogP contribution in [0, 0.1) is 0 Å². The number of carbonyl (C=O) groups is 1. The molecule has 0 aromatic carbocycles. The fraction of sp³-hybridized carbons (Fsp3) is 0.950. The molecule has 0 aromatic heterocycles. The Morgan fingerprint density at radius 2 is 1.27 bits per heavy atom. The van der Waals surface area contributed by atoms with Gasteiger partial charge in [0.25, 0.3) is 14.3 Å². The average Bonchev–Trinajstić information content (AvgIpc) is 2.51. The van der Waals surface area contributed by atoms with Crippen LogP contribution in [-0.2, 0) is 18.1 Å². The molecule has 0 aliphatic heterocycles. The third kappa shape index (κ3) is 5.43. The lowest BCUT2D eigenvalue weighted by molar-refractivity contribution is -0.140. The maximum Gasteiger partial charge on any atom is 0.402 e. The van der Waals surface area contributed by atoms with Gasteiger partial charge < -0.3 is 13.3 Å². The summed E-state index contributed by atoms with van der Waals surface area (Å²) in [6.07, 6.45) is 1.68. The number of rotatable bonds is 10. The van der Waals surface area contributed by atoms with E-state index in [1.165, 1.54) is 0 Å². The Bertz CT molecular complexity index is 420. The summed E-state index contributed by atoms with van der Waals surface area (Å²) >= 11 is 0. The Kier molecular flexibility index (Phi) is 9.78. The van der Waals surface area contributed by atoms with Crippen LogP contribution in [0.1, 0.15) is 89.0 Å². The Morgan fingerprint density at radius 1 is 0.846 bits per heavy atom. The Hall–Kier alpha value is -0.176. The summed E-state index contributed by atoms with van der Waals surface area (Å²) in [6.45, 7) is 24.6. The van der Waals surface area contributed by atoms with Crippen molar-refractivity contribution < 1.29 is 18.1 Å². The van der Waals surface area contributed by atoms with Crippen molar-refractivity contribution in [3.8, 4) is 0 Å². The molecule has 1 radical (unpaired) electrons. The van der Waals surface area contributed by atoms with Crippen LogP contribution in [0.4, 0.5) is 0 Å². The second kappa shape index (κ2) is 9.85. The number of hydrogen-bond donors (Lipinski definition) is 0. The van der Waals surface area contributed by atoms with E-state index in [9.17, 15) is 4.79 Å². The molecular weight excluding hydrogens is 360 g/mol. The molecule has 0 heterocycles. The maximum absolute atomic E-state index is 13.5. The van der Waals surface area contributed by atoms with E-state index in [4.69, 9.17) is 13.3 Å². The van der Waals surface area contributed by atoms with Crippen molar-refractivity contribution in [2.45, 2.75) is 110 Å². The molecule has 26 heavy (non-hydrogen) atoms. The van der Waals surface area contributed by atoms with Gasteiger partial charge >= 0.3 is 9.28 Å². The molecule has 0 aromatic rings. The van der Waals surface area contributed by atoms with Crippen molar-refractivity contribution in [1.29, 1.82) is 0 Å². The van der Waals surface area contributed by atoms with Crippen molar-refractivity contribution in [3.05, 3.63) is 0 Å². The molecule has 0 bridgehead atoms. The average molecular weight is 404 g/mol. The number of carbonyl (C=O) groups excluding carboxylic acids is 1. The standard InChI is InChI=1S/C20H43O4Si2/c1-12-16-26(18(5,6)7,19(8,9)10)24-17(21)20(11,13-2)25(22-14-3)23-15-4/h12-16H2,1-11H3. The molecule has 1 atom stereocenters. The van der Waals surface area contributed by atoms with E-state index in [2.05, 4.69) is 48.5 Å². The van der Waals surface area contributed by atoms with E-state index in [0.717, 1.165) is 12.5 Å². The molecule has 0 aliphatic rings. The third-order valence-corrected chi connectivity index (χ3v) is 14.6. The summed E-state index contributed by atoms with van der Waals surface area (Å²) in [7, 11) is -4.19. The van der Waals surface area contributed by atoms with Gasteiger partial charge in [0, 0.05) is 13.2 Å². The summed E-state index contributed by atoms with van der Waals surface area (Å²) in [6, 6.07) is 0.969. The molecule has 0 amide bonds. The first-order chi connectivity index (χ1) is 11.8. The lowest BCUT2D eigenvalue weighted by atomic mass is 10.1. The van der Waals surface area contributed by atoms with Crippen LogP contribution in [0.2, 0.25) is 21.2 Å². The quantitative estimate of drug-likeness (QED) is 0.406. The van der Waals surface area contributed by atoms with E-state index in [-0.39, 0.29) is 16.0 Å². The molecule has 6 heteroatoms. The second-order valence-corrected chi connectivity index (χ2v) is 16.9. The zero-order valence-corrected chi connectivity index (χ0v) is 21.2. The molecule has 4 nitrogen and oxygen atoms in total. The highest BCUT2D eigenvalue weighted by molar-refractivity contribution is 6.81. The minimum absolute atomic E-state index is 0.0459. The van der Waals surface area contributed by atoms with Gasteiger partial charge in [-0.15, -0.1) is 0 Å². The van der Waals surface area contributed by atoms with Crippen molar-refractivity contribution in [2.75, 3.05) is 13.2 Å². The Labute approximate surface area is 165 Å². The smallest absolute Gasteiger partial charge is 0.402 e. The maximum atomic E-state index is 13.5. The predicted molar refractivity (Wildman–Crippen MR) is 114 cm³/mol. The molecule has 0 N–H and O–H groups in total. The zero-order valence-electron chi connectivity index (χ0n) is 19.2. The lowest BCUT2D eigenvalue weighted by Crippen LogP contribution is -2.58. The minimum atomic E-state index is -2.42. The van der Waals surface area contributed by atoms with Crippen molar-refractivity contribution in [2.24, 2.45) is 0 Å². The molecule has 1 unspecified atom stereocenters. The van der Waals surface area contributed by atoms with E-state index in [1.54, 1.807) is 0 Å². The molecule has 0 saturated carbocycles. The SMILES string of the molecule is CCC[Si](OC(=O)C(C)(CC)[Si](OCC)OCC)(C(C)(C)C)C(C)(C)C. The van der Waals surface area contributed by atoms with Gasteiger partial charge in [0.15, 0.2) is 0 Å². The number of hydrogen-bond acceptors (Lipinski definition) is 4. The van der Waals surface area contributed by atoms with Crippen molar-refractivity contribution in [1.82, 2.24) is 0 Å². The van der Waals surface area contributed by atoms with E-state index in [1.807, 2.05) is 27.7 Å². The molecule has 0 fully saturated rings. The molecule has 0 rings (SSSR count). The molecule has 0 spiro atoms. The van der Waals surface area contributed by atoms with Gasteiger partial charge in [0.2, 0.25) is 0 Å². The fourth-order valence-electron chi connectivity index (χ4n) is 3.85. The largest absolute Gasteiger partial charge is 0.518 e. The normalized spacial score (nSPS) is 15.8. The van der Waals surface area contributed by atoms with Crippen LogP contribution < -0.4 is 0 Å². The lowest BCUT2D eigenvalue weighted by Gasteiger charge is -2.51. The highest BCUT2D eigenvalue weighted by atomic mass is 28.4. The Morgan fingerprint density at radius 3 is 1.54 bits per heavy atom. The summed E-state index contributed by atoms with van der Waals surface area (Å²) in [5.41, 5.74) is 0. The summed E-state index contributed by atoms with van der Waals surface area (Å²) < 4.78 is 18.4. The molecule has 0 saturated heterocycles. The first-order valence-corrected chi connectivity index (χ1v) is 13.6. The fourth-order valence-corrected chi connectivity index (χ4v) is 11.4. The van der Waals surface area contributed by atoms with E-state index < -0.39 is 22.6 Å². The van der Waals surface area contributed by atoms with Crippen LogP contribution in [0.5, 0.6) is 0 Å². The summed E-state index contributed by atoms with van der Waals surface area (Å²) in [5.74, 6) is -0.124. The topological polar surface area (TPSA) is 44.8 Å². The molecular formula is C20H43O4Si2. The third-order valence-electron chi connectivity index (χ3n) is 5.45. The zero-order chi connectivity index (χ0) is 20.8. The van der Waals surface area contributed by atoms with E-state index >= 15 is 0 Å².